The molecule has 0 saturated heterocycles. The molecule has 0 heterocycles. The van der Waals surface area contributed by atoms with Gasteiger partial charge < -0.3 is 15.2 Å². The Bertz CT molecular complexity index is 955. The molecule has 0 unspecified atom stereocenters. The fourth-order valence-electron chi connectivity index (χ4n) is 2.78. The molecule has 3 rings (SSSR count). The molecule has 0 bridgehead atoms. The van der Waals surface area contributed by atoms with Gasteiger partial charge in [0.2, 0.25) is 0 Å². The lowest BCUT2D eigenvalue weighted by molar-refractivity contribution is -0.137. The normalized spacial score (nSPS) is 11.5. The van der Waals surface area contributed by atoms with E-state index in [1.54, 1.807) is 25.1 Å². The van der Waals surface area contributed by atoms with Crippen molar-refractivity contribution in [2.75, 3.05) is 5.32 Å². The third kappa shape index (κ3) is 4.76. The van der Waals surface area contributed by atoms with Gasteiger partial charge >= 0.3 is 11.9 Å². The van der Waals surface area contributed by atoms with E-state index in [0.29, 0.717) is 11.3 Å². The summed E-state index contributed by atoms with van der Waals surface area (Å²) in [4.78, 5) is 23.9. The van der Waals surface area contributed by atoms with Crippen molar-refractivity contribution in [2.45, 2.75) is 19.6 Å². The number of esters is 1. The number of benzene rings is 3. The predicted molar refractivity (Wildman–Crippen MR) is 108 cm³/mol. The molecule has 1 atom stereocenters. The molecular weight excluding hydrogens is 354 g/mol. The molecule has 0 spiro atoms. The zero-order valence-electron chi connectivity index (χ0n) is 15.5. The highest BCUT2D eigenvalue weighted by Crippen LogP contribution is 2.28. The Morgan fingerprint density at radius 3 is 2.25 bits per heavy atom. The van der Waals surface area contributed by atoms with E-state index in [9.17, 15) is 9.59 Å². The fourth-order valence-corrected chi connectivity index (χ4v) is 2.78. The molecule has 0 radical (unpaired) electrons. The van der Waals surface area contributed by atoms with Gasteiger partial charge in [-0.25, -0.2) is 4.79 Å². The monoisotopic (exact) mass is 375 g/mol. The molecule has 0 saturated carbocycles. The summed E-state index contributed by atoms with van der Waals surface area (Å²) < 4.78 is 5.50. The molecular formula is C23H21NO4. The third-order valence-corrected chi connectivity index (χ3v) is 4.29. The number of hydrogen-bond acceptors (Lipinski definition) is 4. The summed E-state index contributed by atoms with van der Waals surface area (Å²) in [5.74, 6) is -1.44. The number of carbonyl (C=O) groups excluding carboxylic acids is 1. The van der Waals surface area contributed by atoms with Crippen LogP contribution in [0.1, 0.15) is 22.8 Å². The molecule has 0 fully saturated rings. The molecule has 5 heteroatoms. The van der Waals surface area contributed by atoms with E-state index in [1.807, 2.05) is 60.7 Å². The highest BCUT2D eigenvalue weighted by atomic mass is 16.5. The van der Waals surface area contributed by atoms with Crippen molar-refractivity contribution < 1.29 is 19.4 Å². The number of anilines is 1. The number of nitrogens with one attached hydrogen (secondary N) is 1. The molecule has 28 heavy (non-hydrogen) atoms. The Kier molecular flexibility index (Phi) is 6.07. The van der Waals surface area contributed by atoms with Gasteiger partial charge in [-0.3, -0.25) is 4.79 Å². The van der Waals surface area contributed by atoms with Crippen molar-refractivity contribution in [3.63, 3.8) is 0 Å². The van der Waals surface area contributed by atoms with Crippen LogP contribution < -0.4 is 5.32 Å². The second-order valence-corrected chi connectivity index (χ2v) is 6.39. The van der Waals surface area contributed by atoms with Gasteiger partial charge in [0.05, 0.1) is 5.56 Å². The largest absolute Gasteiger partial charge is 0.480 e. The van der Waals surface area contributed by atoms with Crippen LogP contribution in [-0.2, 0) is 16.1 Å². The molecule has 3 aromatic rings. The van der Waals surface area contributed by atoms with Crippen LogP contribution in [0.2, 0.25) is 0 Å². The van der Waals surface area contributed by atoms with Gasteiger partial charge in [-0.2, -0.15) is 0 Å². The minimum atomic E-state index is -0.972. The first-order chi connectivity index (χ1) is 13.5. The van der Waals surface area contributed by atoms with Crippen LogP contribution >= 0.6 is 0 Å². The number of carbonyl (C=O) groups is 2. The van der Waals surface area contributed by atoms with E-state index < -0.39 is 18.0 Å². The number of hydrogen-bond donors (Lipinski definition) is 2. The minimum Gasteiger partial charge on any atom is -0.480 e. The van der Waals surface area contributed by atoms with Crippen LogP contribution in [0, 0.1) is 0 Å². The van der Waals surface area contributed by atoms with E-state index >= 15 is 0 Å². The van der Waals surface area contributed by atoms with Crippen LogP contribution in [-0.4, -0.2) is 23.1 Å². The summed E-state index contributed by atoms with van der Waals surface area (Å²) in [6, 6.07) is 23.4. The lowest BCUT2D eigenvalue weighted by atomic mass is 9.99. The van der Waals surface area contributed by atoms with E-state index in [2.05, 4.69) is 5.32 Å². The number of aliphatic carboxylic acids is 1. The number of rotatable bonds is 7. The summed E-state index contributed by atoms with van der Waals surface area (Å²) in [7, 11) is 0. The van der Waals surface area contributed by atoms with Gasteiger partial charge in [-0.05, 0) is 35.7 Å². The number of carboxylic acids is 1. The first-order valence-corrected chi connectivity index (χ1v) is 8.94. The van der Waals surface area contributed by atoms with Gasteiger partial charge in [-0.15, -0.1) is 0 Å². The molecule has 5 nitrogen and oxygen atoms in total. The molecule has 0 aliphatic carbocycles. The van der Waals surface area contributed by atoms with Crippen LogP contribution in [0.5, 0.6) is 0 Å². The molecule has 0 amide bonds. The maximum absolute atomic E-state index is 12.8. The molecule has 0 aromatic heterocycles. The van der Waals surface area contributed by atoms with Gasteiger partial charge in [0, 0.05) is 5.69 Å². The topological polar surface area (TPSA) is 75.6 Å². The van der Waals surface area contributed by atoms with Crippen molar-refractivity contribution in [3.8, 4) is 11.1 Å². The van der Waals surface area contributed by atoms with E-state index in [4.69, 9.17) is 9.84 Å². The van der Waals surface area contributed by atoms with Gasteiger partial charge in [0.15, 0.2) is 0 Å². The summed E-state index contributed by atoms with van der Waals surface area (Å²) in [5, 5.41) is 12.0. The molecule has 0 aliphatic heterocycles. The zero-order valence-corrected chi connectivity index (χ0v) is 15.5. The van der Waals surface area contributed by atoms with E-state index in [1.165, 1.54) is 0 Å². The van der Waals surface area contributed by atoms with Gasteiger partial charge in [-0.1, -0.05) is 66.7 Å². The highest BCUT2D eigenvalue weighted by molar-refractivity contribution is 5.98. The Morgan fingerprint density at radius 1 is 0.964 bits per heavy atom. The second-order valence-electron chi connectivity index (χ2n) is 6.39. The number of ether oxygens (including phenoxy) is 1. The fraction of sp³-hybridized carbons (Fsp3) is 0.130. The van der Waals surface area contributed by atoms with Crippen LogP contribution in [0.3, 0.4) is 0 Å². The average Bonchev–Trinajstić information content (AvgIpc) is 2.73. The molecule has 0 aliphatic rings. The molecule has 142 valence electrons. The predicted octanol–water partition coefficient (Wildman–Crippen LogP) is 4.60. The van der Waals surface area contributed by atoms with Crippen molar-refractivity contribution >= 4 is 17.6 Å². The summed E-state index contributed by atoms with van der Waals surface area (Å²) in [6.07, 6.45) is 0. The smallest absolute Gasteiger partial charge is 0.339 e. The first-order valence-electron chi connectivity index (χ1n) is 8.94. The maximum atomic E-state index is 12.8. The van der Waals surface area contributed by atoms with Crippen LogP contribution in [0.4, 0.5) is 5.69 Å². The van der Waals surface area contributed by atoms with E-state index in [-0.39, 0.29) is 6.61 Å². The van der Waals surface area contributed by atoms with Crippen LogP contribution in [0.25, 0.3) is 11.1 Å². The highest BCUT2D eigenvalue weighted by Gasteiger charge is 2.17. The lowest BCUT2D eigenvalue weighted by Crippen LogP contribution is -2.25. The van der Waals surface area contributed by atoms with Crippen molar-refractivity contribution in [3.05, 3.63) is 90.0 Å². The van der Waals surface area contributed by atoms with Gasteiger partial charge in [0.1, 0.15) is 12.6 Å². The maximum Gasteiger partial charge on any atom is 0.339 e. The minimum absolute atomic E-state index is 0.164. The van der Waals surface area contributed by atoms with Crippen molar-refractivity contribution in [1.29, 1.82) is 0 Å². The Labute approximate surface area is 163 Å². The average molecular weight is 375 g/mol. The lowest BCUT2D eigenvalue weighted by Gasteiger charge is -2.15. The van der Waals surface area contributed by atoms with Crippen LogP contribution in [0.15, 0.2) is 78.9 Å². The van der Waals surface area contributed by atoms with Crippen molar-refractivity contribution in [2.24, 2.45) is 0 Å². The second kappa shape index (κ2) is 8.86. The third-order valence-electron chi connectivity index (χ3n) is 4.29. The first kappa shape index (κ1) is 19.2. The Morgan fingerprint density at radius 2 is 1.61 bits per heavy atom. The molecule has 3 aromatic carbocycles. The SMILES string of the molecule is C[C@@H](Nc1ccc(-c2ccccc2)c(C(=O)OCc2ccccc2)c1)C(=O)O. The Balaban J connectivity index is 1.90. The summed E-state index contributed by atoms with van der Waals surface area (Å²) in [6.45, 7) is 1.71. The zero-order chi connectivity index (χ0) is 19.9. The molecule has 2 N–H and O–H groups in total. The van der Waals surface area contributed by atoms with Crippen molar-refractivity contribution in [1.82, 2.24) is 0 Å². The Hall–Kier alpha value is -3.60. The summed E-state index contributed by atoms with van der Waals surface area (Å²) >= 11 is 0. The van der Waals surface area contributed by atoms with Gasteiger partial charge in [0.25, 0.3) is 0 Å². The summed E-state index contributed by atoms with van der Waals surface area (Å²) in [5.41, 5.74) is 3.43. The number of carboxylic acid groups (broad SMARTS) is 1. The standard InChI is InChI=1S/C23H21NO4/c1-16(22(25)26)24-19-12-13-20(18-10-6-3-7-11-18)21(14-19)23(27)28-15-17-8-4-2-5-9-17/h2-14,16,24H,15H2,1H3,(H,25,26)/t16-/m1/s1. The quantitative estimate of drug-likeness (QED) is 0.591. The van der Waals surface area contributed by atoms with E-state index in [0.717, 1.165) is 16.7 Å².